The third-order valence-corrected chi connectivity index (χ3v) is 4.57. The number of anilines is 2. The lowest BCUT2D eigenvalue weighted by Gasteiger charge is -2.37. The van der Waals surface area contributed by atoms with E-state index in [-0.39, 0.29) is 12.1 Å². The molecular formula is C19H22ClN3O2. The van der Waals surface area contributed by atoms with Gasteiger partial charge in [0.2, 0.25) is 0 Å². The van der Waals surface area contributed by atoms with Gasteiger partial charge in [0, 0.05) is 13.6 Å². The van der Waals surface area contributed by atoms with Crippen LogP contribution in [-0.2, 0) is 0 Å². The molecule has 0 bridgehead atoms. The van der Waals surface area contributed by atoms with Crippen molar-refractivity contribution in [1.82, 2.24) is 4.90 Å². The van der Waals surface area contributed by atoms with Crippen LogP contribution in [0.2, 0.25) is 5.02 Å². The van der Waals surface area contributed by atoms with E-state index >= 15 is 0 Å². The molecule has 0 aliphatic carbocycles. The first-order valence-electron chi connectivity index (χ1n) is 8.35. The molecule has 1 N–H and O–H groups in total. The molecule has 1 atom stereocenters. The van der Waals surface area contributed by atoms with E-state index in [2.05, 4.69) is 23.2 Å². The Hall–Kier alpha value is -2.40. The molecule has 25 heavy (non-hydrogen) atoms. The van der Waals surface area contributed by atoms with Gasteiger partial charge in [0.05, 0.1) is 29.5 Å². The molecule has 1 aliphatic rings. The number of halogens is 1. The molecular weight excluding hydrogens is 338 g/mol. The number of urea groups is 1. The standard InChI is InChI=1S/C19H22ClN3O2/c1-3-23-13-14(25-18-11-7-6-10-17(18)23)12-22(2)19(24)21-16-9-5-4-8-15(16)20/h4-11,14H,3,12-13H2,1-2H3,(H,21,24)/t14-/m0/s1. The van der Waals surface area contributed by atoms with E-state index in [0.717, 1.165) is 24.5 Å². The number of carbonyl (C=O) groups is 1. The van der Waals surface area contributed by atoms with Crippen molar-refractivity contribution in [2.75, 3.05) is 36.9 Å². The monoisotopic (exact) mass is 359 g/mol. The fraction of sp³-hybridized carbons (Fsp3) is 0.316. The van der Waals surface area contributed by atoms with Gasteiger partial charge in [-0.2, -0.15) is 0 Å². The Bertz CT molecular complexity index is 753. The van der Waals surface area contributed by atoms with Crippen molar-refractivity contribution in [3.8, 4) is 5.75 Å². The van der Waals surface area contributed by atoms with Crippen LogP contribution in [0.15, 0.2) is 48.5 Å². The van der Waals surface area contributed by atoms with Crippen molar-refractivity contribution in [3.63, 3.8) is 0 Å². The zero-order valence-electron chi connectivity index (χ0n) is 14.4. The summed E-state index contributed by atoms with van der Waals surface area (Å²) in [5.74, 6) is 0.862. The van der Waals surface area contributed by atoms with E-state index < -0.39 is 0 Å². The van der Waals surface area contributed by atoms with Gasteiger partial charge < -0.3 is 19.9 Å². The number of nitrogens with one attached hydrogen (secondary N) is 1. The van der Waals surface area contributed by atoms with E-state index in [1.54, 1.807) is 24.1 Å². The first-order valence-corrected chi connectivity index (χ1v) is 8.73. The van der Waals surface area contributed by atoms with Crippen LogP contribution in [-0.4, -0.2) is 43.7 Å². The number of ether oxygens (including phenoxy) is 1. The Morgan fingerprint density at radius 2 is 2.00 bits per heavy atom. The Kier molecular flexibility index (Phi) is 5.34. The van der Waals surface area contributed by atoms with Crippen LogP contribution in [0.25, 0.3) is 0 Å². The van der Waals surface area contributed by atoms with E-state index in [4.69, 9.17) is 16.3 Å². The molecule has 2 amide bonds. The summed E-state index contributed by atoms with van der Waals surface area (Å²) >= 11 is 6.09. The maximum Gasteiger partial charge on any atom is 0.321 e. The Balaban J connectivity index is 1.64. The first kappa shape index (κ1) is 17.4. The van der Waals surface area contributed by atoms with Crippen LogP contribution in [0.5, 0.6) is 5.75 Å². The third-order valence-electron chi connectivity index (χ3n) is 4.24. The lowest BCUT2D eigenvalue weighted by Crippen LogP contribution is -2.47. The molecule has 0 saturated heterocycles. The van der Waals surface area contributed by atoms with Gasteiger partial charge in [-0.1, -0.05) is 35.9 Å². The minimum atomic E-state index is -0.210. The summed E-state index contributed by atoms with van der Waals surface area (Å²) < 4.78 is 6.07. The fourth-order valence-corrected chi connectivity index (χ4v) is 3.12. The number of amides is 2. The van der Waals surface area contributed by atoms with Crippen LogP contribution in [0.3, 0.4) is 0 Å². The van der Waals surface area contributed by atoms with Crippen LogP contribution in [0.1, 0.15) is 6.92 Å². The fourth-order valence-electron chi connectivity index (χ4n) is 2.94. The first-order chi connectivity index (χ1) is 12.1. The van der Waals surface area contributed by atoms with Crippen LogP contribution in [0, 0.1) is 0 Å². The second kappa shape index (κ2) is 7.66. The average molecular weight is 360 g/mol. The number of fused-ring (bicyclic) bond motifs is 1. The predicted octanol–water partition coefficient (Wildman–Crippen LogP) is 4.09. The lowest BCUT2D eigenvalue weighted by atomic mass is 10.2. The maximum atomic E-state index is 12.4. The number of hydrogen-bond donors (Lipinski definition) is 1. The summed E-state index contributed by atoms with van der Waals surface area (Å²) in [5, 5.41) is 3.35. The smallest absolute Gasteiger partial charge is 0.321 e. The Labute approximate surface area is 153 Å². The minimum Gasteiger partial charge on any atom is -0.485 e. The average Bonchev–Trinajstić information content (AvgIpc) is 2.62. The SMILES string of the molecule is CCN1C[C@H](CN(C)C(=O)Nc2ccccc2Cl)Oc2ccccc21. The van der Waals surface area contributed by atoms with Crippen molar-refractivity contribution in [3.05, 3.63) is 53.6 Å². The summed E-state index contributed by atoms with van der Waals surface area (Å²) in [6, 6.07) is 15.0. The van der Waals surface area contributed by atoms with Crippen molar-refractivity contribution < 1.29 is 9.53 Å². The number of hydrogen-bond acceptors (Lipinski definition) is 3. The summed E-state index contributed by atoms with van der Waals surface area (Å²) in [6.07, 6.45) is -0.0863. The number of nitrogens with zero attached hydrogens (tertiary/aromatic N) is 2. The van der Waals surface area contributed by atoms with E-state index in [0.29, 0.717) is 17.3 Å². The summed E-state index contributed by atoms with van der Waals surface area (Å²) in [6.45, 7) is 4.25. The highest BCUT2D eigenvalue weighted by Gasteiger charge is 2.26. The van der Waals surface area contributed by atoms with Gasteiger partial charge in [-0.3, -0.25) is 0 Å². The quantitative estimate of drug-likeness (QED) is 0.894. The predicted molar refractivity (Wildman–Crippen MR) is 102 cm³/mol. The maximum absolute atomic E-state index is 12.4. The molecule has 0 radical (unpaired) electrons. The second-order valence-electron chi connectivity index (χ2n) is 6.04. The van der Waals surface area contributed by atoms with Gasteiger partial charge in [-0.05, 0) is 31.2 Å². The van der Waals surface area contributed by atoms with Crippen molar-refractivity contribution in [2.45, 2.75) is 13.0 Å². The normalized spacial score (nSPS) is 16.0. The molecule has 5 nitrogen and oxygen atoms in total. The number of rotatable bonds is 4. The summed E-state index contributed by atoms with van der Waals surface area (Å²) in [7, 11) is 1.76. The molecule has 3 rings (SSSR count). The molecule has 1 aliphatic heterocycles. The zero-order chi connectivity index (χ0) is 17.8. The third kappa shape index (κ3) is 3.99. The van der Waals surface area contributed by atoms with Crippen LogP contribution in [0.4, 0.5) is 16.2 Å². The van der Waals surface area contributed by atoms with Gasteiger partial charge in [-0.25, -0.2) is 4.79 Å². The lowest BCUT2D eigenvalue weighted by molar-refractivity contribution is 0.150. The zero-order valence-corrected chi connectivity index (χ0v) is 15.2. The van der Waals surface area contributed by atoms with Crippen LogP contribution >= 0.6 is 11.6 Å². The highest BCUT2D eigenvalue weighted by atomic mass is 35.5. The molecule has 0 unspecified atom stereocenters. The van der Waals surface area contributed by atoms with Crippen LogP contribution < -0.4 is 15.0 Å². The largest absolute Gasteiger partial charge is 0.485 e. The van der Waals surface area contributed by atoms with Gasteiger partial charge in [0.25, 0.3) is 0 Å². The van der Waals surface area contributed by atoms with E-state index in [1.165, 1.54) is 0 Å². The second-order valence-corrected chi connectivity index (χ2v) is 6.44. The topological polar surface area (TPSA) is 44.8 Å². The highest BCUT2D eigenvalue weighted by molar-refractivity contribution is 6.33. The Morgan fingerprint density at radius 1 is 1.28 bits per heavy atom. The number of carbonyl (C=O) groups excluding carboxylic acids is 1. The molecule has 0 spiro atoms. The number of benzene rings is 2. The van der Waals surface area contributed by atoms with Crippen molar-refractivity contribution >= 4 is 29.0 Å². The highest BCUT2D eigenvalue weighted by Crippen LogP contribution is 2.32. The summed E-state index contributed by atoms with van der Waals surface area (Å²) in [4.78, 5) is 16.3. The van der Waals surface area contributed by atoms with E-state index in [1.807, 2.05) is 30.3 Å². The Morgan fingerprint density at radius 3 is 2.76 bits per heavy atom. The molecule has 132 valence electrons. The molecule has 2 aromatic carbocycles. The molecule has 6 heteroatoms. The molecule has 2 aromatic rings. The number of likely N-dealkylation sites (N-methyl/N-ethyl adjacent to an activating group) is 2. The molecule has 0 fully saturated rings. The van der Waals surface area contributed by atoms with Gasteiger partial charge in [-0.15, -0.1) is 0 Å². The van der Waals surface area contributed by atoms with Gasteiger partial charge in [0.1, 0.15) is 11.9 Å². The molecule has 0 saturated carbocycles. The number of para-hydroxylation sites is 3. The summed E-state index contributed by atoms with van der Waals surface area (Å²) in [5.41, 5.74) is 1.70. The van der Waals surface area contributed by atoms with E-state index in [9.17, 15) is 4.79 Å². The molecule has 0 aromatic heterocycles. The van der Waals surface area contributed by atoms with Crippen molar-refractivity contribution in [1.29, 1.82) is 0 Å². The minimum absolute atomic E-state index is 0.0863. The molecule has 1 heterocycles. The van der Waals surface area contributed by atoms with Gasteiger partial charge in [0.15, 0.2) is 0 Å². The van der Waals surface area contributed by atoms with Gasteiger partial charge >= 0.3 is 6.03 Å². The van der Waals surface area contributed by atoms with Crippen molar-refractivity contribution in [2.24, 2.45) is 0 Å².